The Morgan fingerprint density at radius 1 is 1.00 bits per heavy atom. The average molecular weight is 356 g/mol. The predicted molar refractivity (Wildman–Crippen MR) is 91.0 cm³/mol. The lowest BCUT2D eigenvalue weighted by Crippen LogP contribution is -2.73. The number of benzene rings is 1. The highest BCUT2D eigenvalue weighted by atomic mass is 33.5. The third kappa shape index (κ3) is 2.08. The van der Waals surface area contributed by atoms with Crippen LogP contribution in [0.5, 0.6) is 0 Å². The maximum atomic E-state index is 13.0. The van der Waals surface area contributed by atoms with E-state index in [9.17, 15) is 14.7 Å². The zero-order chi connectivity index (χ0) is 16.0. The summed E-state index contributed by atoms with van der Waals surface area (Å²) in [4.78, 5) is 26.6. The van der Waals surface area contributed by atoms with Gasteiger partial charge in [-0.15, -0.1) is 0 Å². The summed E-state index contributed by atoms with van der Waals surface area (Å²) < 4.78 is 0. The van der Waals surface area contributed by atoms with Crippen molar-refractivity contribution in [2.45, 2.75) is 16.2 Å². The van der Waals surface area contributed by atoms with Crippen LogP contribution in [0.3, 0.4) is 0 Å². The summed E-state index contributed by atoms with van der Waals surface area (Å²) in [5.74, 6) is -0.370. The zero-order valence-electron chi connectivity index (χ0n) is 12.2. The first kappa shape index (κ1) is 16.0. The molecule has 0 radical (unpaired) electrons. The van der Waals surface area contributed by atoms with E-state index in [1.54, 1.807) is 14.1 Å². The number of aliphatic hydroxyl groups is 1. The van der Waals surface area contributed by atoms with Crippen molar-refractivity contribution in [1.82, 2.24) is 9.80 Å². The van der Waals surface area contributed by atoms with Gasteiger partial charge in [0.25, 0.3) is 11.8 Å². The van der Waals surface area contributed by atoms with Crippen LogP contribution in [0.15, 0.2) is 30.3 Å². The van der Waals surface area contributed by atoms with Gasteiger partial charge in [-0.25, -0.2) is 0 Å². The molecule has 3 aliphatic rings. The van der Waals surface area contributed by atoms with Gasteiger partial charge in [0.2, 0.25) is 4.87 Å². The van der Waals surface area contributed by atoms with E-state index in [1.807, 2.05) is 30.3 Å². The van der Waals surface area contributed by atoms with Crippen LogP contribution in [0.2, 0.25) is 0 Å². The first-order chi connectivity index (χ1) is 10.5. The SMILES string of the molecule is CN1C(=O)[C@@]2(Cc3ccccc3)SSS[C@]1(CO)C(=O)N2C. The summed E-state index contributed by atoms with van der Waals surface area (Å²) in [7, 11) is 7.29. The number of fused-ring (bicyclic) bond motifs is 4. The smallest absolute Gasteiger partial charge is 0.263 e. The van der Waals surface area contributed by atoms with Crippen LogP contribution < -0.4 is 0 Å². The third-order valence-corrected chi connectivity index (χ3v) is 9.35. The summed E-state index contributed by atoms with van der Waals surface area (Å²) in [6, 6.07) is 9.68. The van der Waals surface area contributed by atoms with Gasteiger partial charge in [0.1, 0.15) is 0 Å². The number of rotatable bonds is 3. The molecular formula is C14H16N2O3S3. The normalized spacial score (nSPS) is 31.6. The van der Waals surface area contributed by atoms with E-state index in [4.69, 9.17) is 0 Å². The molecular weight excluding hydrogens is 340 g/mol. The van der Waals surface area contributed by atoms with Crippen LogP contribution in [0.25, 0.3) is 0 Å². The van der Waals surface area contributed by atoms with Crippen LogP contribution in [0.1, 0.15) is 5.56 Å². The Bertz CT molecular complexity index is 615. The Hall–Kier alpha value is -0.830. The monoisotopic (exact) mass is 356 g/mol. The number of nitrogens with zero attached hydrogens (tertiary/aromatic N) is 2. The molecule has 4 rings (SSSR count). The first-order valence-electron chi connectivity index (χ1n) is 6.73. The summed E-state index contributed by atoms with van der Waals surface area (Å²) in [5, 5.41) is 9.76. The molecule has 1 aromatic rings. The van der Waals surface area contributed by atoms with Gasteiger partial charge in [0.15, 0.2) is 4.87 Å². The summed E-state index contributed by atoms with van der Waals surface area (Å²) in [5.41, 5.74) is 1.00. The van der Waals surface area contributed by atoms with Gasteiger partial charge in [-0.3, -0.25) is 9.59 Å². The molecule has 5 nitrogen and oxygen atoms in total. The Balaban J connectivity index is 2.07. The van der Waals surface area contributed by atoms with Gasteiger partial charge in [0.05, 0.1) is 6.61 Å². The molecule has 8 heteroatoms. The number of amides is 2. The van der Waals surface area contributed by atoms with E-state index < -0.39 is 16.3 Å². The predicted octanol–water partition coefficient (Wildman–Crippen LogP) is 1.59. The van der Waals surface area contributed by atoms with Crippen molar-refractivity contribution < 1.29 is 14.7 Å². The standard InChI is InChI=1S/C14H16N2O3S3/c1-15-12(19)14(9-17)16(2)11(18)13(15,20-22-21-14)8-10-6-4-3-5-7-10/h3-7,17H,8-9H2,1-2H3/t13-,14-/m1/s1. The van der Waals surface area contributed by atoms with Gasteiger partial charge in [-0.2, -0.15) is 0 Å². The minimum atomic E-state index is -1.22. The van der Waals surface area contributed by atoms with E-state index in [2.05, 4.69) is 0 Å². The Morgan fingerprint density at radius 3 is 2.18 bits per heavy atom. The molecule has 22 heavy (non-hydrogen) atoms. The van der Waals surface area contributed by atoms with E-state index in [1.165, 1.54) is 41.2 Å². The maximum absolute atomic E-state index is 13.0. The number of piperazine rings is 1. The van der Waals surface area contributed by atoms with Gasteiger partial charge >= 0.3 is 0 Å². The van der Waals surface area contributed by atoms with E-state index in [-0.39, 0.29) is 11.8 Å². The Morgan fingerprint density at radius 2 is 1.55 bits per heavy atom. The van der Waals surface area contributed by atoms with E-state index >= 15 is 0 Å². The highest BCUT2D eigenvalue weighted by Gasteiger charge is 2.64. The highest BCUT2D eigenvalue weighted by Crippen LogP contribution is 2.60. The van der Waals surface area contributed by atoms with Crippen molar-refractivity contribution in [2.24, 2.45) is 0 Å². The number of carbonyl (C=O) groups is 2. The molecule has 3 fully saturated rings. The molecule has 3 heterocycles. The number of carbonyl (C=O) groups excluding carboxylic acids is 2. The second kappa shape index (κ2) is 5.67. The first-order valence-corrected chi connectivity index (χ1v) is 10.2. The molecule has 0 aromatic heterocycles. The summed E-state index contributed by atoms with van der Waals surface area (Å²) in [6.45, 7) is -0.391. The summed E-state index contributed by atoms with van der Waals surface area (Å²) >= 11 is 0. The fourth-order valence-electron chi connectivity index (χ4n) is 2.75. The van der Waals surface area contributed by atoms with Crippen LogP contribution in [-0.2, 0) is 16.0 Å². The van der Waals surface area contributed by atoms with Crippen molar-refractivity contribution >= 4 is 43.2 Å². The number of likely N-dealkylation sites (N-methyl/N-ethyl adjacent to an activating group) is 2. The van der Waals surface area contributed by atoms with E-state index in [0.717, 1.165) is 5.56 Å². The van der Waals surface area contributed by atoms with Crippen LogP contribution in [0.4, 0.5) is 0 Å². The lowest BCUT2D eigenvalue weighted by atomic mass is 9.98. The molecule has 3 aliphatic heterocycles. The molecule has 3 saturated heterocycles. The van der Waals surface area contributed by atoms with Crippen molar-refractivity contribution in [2.75, 3.05) is 20.7 Å². The average Bonchev–Trinajstić information content (AvgIpc) is 2.72. The van der Waals surface area contributed by atoms with Gasteiger partial charge in [0, 0.05) is 20.5 Å². The van der Waals surface area contributed by atoms with Crippen LogP contribution >= 0.6 is 31.4 Å². The van der Waals surface area contributed by atoms with Crippen molar-refractivity contribution in [3.05, 3.63) is 35.9 Å². The molecule has 0 aliphatic carbocycles. The maximum Gasteiger partial charge on any atom is 0.263 e. The van der Waals surface area contributed by atoms with Gasteiger partial charge < -0.3 is 14.9 Å². The molecule has 2 bridgehead atoms. The van der Waals surface area contributed by atoms with Crippen molar-refractivity contribution in [3.63, 3.8) is 0 Å². The van der Waals surface area contributed by atoms with Gasteiger partial charge in [-0.1, -0.05) is 30.3 Å². The minimum Gasteiger partial charge on any atom is -0.392 e. The number of hydrogen-bond donors (Lipinski definition) is 1. The second-order valence-corrected chi connectivity index (χ2v) is 9.81. The molecule has 118 valence electrons. The Kier molecular flexibility index (Phi) is 4.13. The second-order valence-electron chi connectivity index (χ2n) is 5.35. The lowest BCUT2D eigenvalue weighted by molar-refractivity contribution is -0.164. The fraction of sp³-hybridized carbons (Fsp3) is 0.429. The molecule has 0 spiro atoms. The lowest BCUT2D eigenvalue weighted by Gasteiger charge is -2.50. The molecule has 1 aromatic carbocycles. The topological polar surface area (TPSA) is 60.9 Å². The quantitative estimate of drug-likeness (QED) is 0.830. The summed E-state index contributed by atoms with van der Waals surface area (Å²) in [6.07, 6.45) is 0.443. The third-order valence-electron chi connectivity index (χ3n) is 4.21. The fourth-order valence-corrected chi connectivity index (χ4v) is 8.63. The minimum absolute atomic E-state index is 0.144. The van der Waals surface area contributed by atoms with Crippen molar-refractivity contribution in [1.29, 1.82) is 0 Å². The van der Waals surface area contributed by atoms with E-state index in [0.29, 0.717) is 6.42 Å². The van der Waals surface area contributed by atoms with Crippen LogP contribution in [0, 0.1) is 0 Å². The molecule has 1 N–H and O–H groups in total. The number of hydrogen-bond acceptors (Lipinski definition) is 6. The molecule has 2 amide bonds. The highest BCUT2D eigenvalue weighted by molar-refractivity contribution is 9.10. The zero-order valence-corrected chi connectivity index (χ0v) is 14.6. The molecule has 0 saturated carbocycles. The molecule has 0 unspecified atom stereocenters. The molecule has 2 atom stereocenters. The Labute approximate surface area is 140 Å². The van der Waals surface area contributed by atoms with Crippen molar-refractivity contribution in [3.8, 4) is 0 Å². The van der Waals surface area contributed by atoms with Crippen LogP contribution in [-0.4, -0.2) is 57.2 Å². The number of aliphatic hydroxyl groups excluding tert-OH is 1. The van der Waals surface area contributed by atoms with Gasteiger partial charge in [-0.05, 0) is 37.0 Å². The largest absolute Gasteiger partial charge is 0.392 e.